The molecular formula is C22H21NO4S. The molecular weight excluding hydrogens is 374 g/mol. The Labute approximate surface area is 164 Å². The number of carbonyl (C=O) groups is 1. The number of anilines is 1. The average Bonchev–Trinajstić information content (AvgIpc) is 2.67. The number of ether oxygens (including phenoxy) is 1. The third kappa shape index (κ3) is 4.98. The predicted molar refractivity (Wildman–Crippen MR) is 109 cm³/mol. The van der Waals surface area contributed by atoms with Crippen molar-refractivity contribution in [3.8, 4) is 5.75 Å². The molecule has 5 nitrogen and oxygen atoms in total. The Morgan fingerprint density at radius 2 is 1.64 bits per heavy atom. The molecule has 0 radical (unpaired) electrons. The summed E-state index contributed by atoms with van der Waals surface area (Å²) in [6.07, 6.45) is 1.12. The van der Waals surface area contributed by atoms with Crippen molar-refractivity contribution in [1.82, 2.24) is 0 Å². The highest BCUT2D eigenvalue weighted by Crippen LogP contribution is 2.20. The monoisotopic (exact) mass is 395 g/mol. The van der Waals surface area contributed by atoms with Crippen LogP contribution in [0.4, 0.5) is 5.69 Å². The van der Waals surface area contributed by atoms with Gasteiger partial charge in [0.2, 0.25) is 0 Å². The van der Waals surface area contributed by atoms with E-state index in [-0.39, 0.29) is 10.8 Å². The highest BCUT2D eigenvalue weighted by molar-refractivity contribution is 7.90. The smallest absolute Gasteiger partial charge is 0.255 e. The second-order valence-electron chi connectivity index (χ2n) is 6.50. The number of sulfone groups is 1. The van der Waals surface area contributed by atoms with E-state index in [2.05, 4.69) is 5.32 Å². The SMILES string of the molecule is Cc1ccc(S(C)(=O)=O)cc1C(=O)Nc1ccc(OCc2ccccc2)cc1. The number of amides is 1. The summed E-state index contributed by atoms with van der Waals surface area (Å²) in [4.78, 5) is 12.7. The number of rotatable bonds is 6. The Hall–Kier alpha value is -3.12. The van der Waals surface area contributed by atoms with E-state index in [1.54, 1.807) is 37.3 Å². The molecule has 6 heteroatoms. The minimum absolute atomic E-state index is 0.118. The maximum atomic E-state index is 12.6. The van der Waals surface area contributed by atoms with Gasteiger partial charge in [-0.25, -0.2) is 8.42 Å². The topological polar surface area (TPSA) is 72.5 Å². The number of nitrogens with one attached hydrogen (secondary N) is 1. The Morgan fingerprint density at radius 1 is 0.964 bits per heavy atom. The summed E-state index contributed by atoms with van der Waals surface area (Å²) in [5, 5.41) is 2.79. The minimum Gasteiger partial charge on any atom is -0.489 e. The summed E-state index contributed by atoms with van der Waals surface area (Å²) in [7, 11) is -3.38. The van der Waals surface area contributed by atoms with E-state index in [0.717, 1.165) is 11.8 Å². The summed E-state index contributed by atoms with van der Waals surface area (Å²) in [5.74, 6) is 0.332. The normalized spacial score (nSPS) is 11.1. The van der Waals surface area contributed by atoms with Gasteiger partial charge in [-0.3, -0.25) is 4.79 Å². The summed E-state index contributed by atoms with van der Waals surface area (Å²) in [6, 6.07) is 21.4. The molecule has 3 aromatic rings. The Morgan fingerprint density at radius 3 is 2.29 bits per heavy atom. The predicted octanol–water partition coefficient (Wildman–Crippen LogP) is 4.23. The molecule has 144 valence electrons. The van der Waals surface area contributed by atoms with Gasteiger partial charge in [0.1, 0.15) is 12.4 Å². The lowest BCUT2D eigenvalue weighted by Gasteiger charge is -2.10. The molecule has 0 atom stereocenters. The lowest BCUT2D eigenvalue weighted by molar-refractivity contribution is 0.102. The maximum Gasteiger partial charge on any atom is 0.255 e. The molecule has 0 fully saturated rings. The van der Waals surface area contributed by atoms with Crippen molar-refractivity contribution >= 4 is 21.4 Å². The van der Waals surface area contributed by atoms with Crippen LogP contribution < -0.4 is 10.1 Å². The maximum absolute atomic E-state index is 12.6. The molecule has 1 amide bonds. The van der Waals surface area contributed by atoms with Crippen molar-refractivity contribution in [2.24, 2.45) is 0 Å². The first-order chi connectivity index (χ1) is 13.3. The van der Waals surface area contributed by atoms with E-state index in [0.29, 0.717) is 29.2 Å². The summed E-state index contributed by atoms with van der Waals surface area (Å²) >= 11 is 0. The molecule has 28 heavy (non-hydrogen) atoms. The van der Waals surface area contributed by atoms with Crippen LogP contribution in [0.3, 0.4) is 0 Å². The lowest BCUT2D eigenvalue weighted by atomic mass is 10.1. The van der Waals surface area contributed by atoms with Gasteiger partial charge in [-0.05, 0) is 54.4 Å². The highest BCUT2D eigenvalue weighted by atomic mass is 32.2. The average molecular weight is 395 g/mol. The van der Waals surface area contributed by atoms with Crippen LogP contribution in [0.1, 0.15) is 21.5 Å². The molecule has 3 rings (SSSR count). The van der Waals surface area contributed by atoms with Crippen molar-refractivity contribution in [3.05, 3.63) is 89.5 Å². The van der Waals surface area contributed by atoms with Gasteiger partial charge in [0.25, 0.3) is 5.91 Å². The number of benzene rings is 3. The lowest BCUT2D eigenvalue weighted by Crippen LogP contribution is -2.14. The van der Waals surface area contributed by atoms with Gasteiger partial charge < -0.3 is 10.1 Å². The van der Waals surface area contributed by atoms with E-state index in [1.165, 1.54) is 12.1 Å². The Balaban J connectivity index is 1.68. The zero-order chi connectivity index (χ0) is 20.1. The van der Waals surface area contributed by atoms with Gasteiger partial charge >= 0.3 is 0 Å². The molecule has 0 saturated heterocycles. The van der Waals surface area contributed by atoms with Gasteiger partial charge in [0.15, 0.2) is 9.84 Å². The molecule has 0 aromatic heterocycles. The Kier molecular flexibility index (Phi) is 5.80. The van der Waals surface area contributed by atoms with E-state index >= 15 is 0 Å². The van der Waals surface area contributed by atoms with Gasteiger partial charge in [-0.15, -0.1) is 0 Å². The van der Waals surface area contributed by atoms with Crippen molar-refractivity contribution in [3.63, 3.8) is 0 Å². The first-order valence-electron chi connectivity index (χ1n) is 8.72. The van der Waals surface area contributed by atoms with E-state index in [9.17, 15) is 13.2 Å². The summed E-state index contributed by atoms with van der Waals surface area (Å²) in [6.45, 7) is 2.23. The van der Waals surface area contributed by atoms with Crippen LogP contribution in [0.25, 0.3) is 0 Å². The zero-order valence-electron chi connectivity index (χ0n) is 15.7. The summed E-state index contributed by atoms with van der Waals surface area (Å²) < 4.78 is 29.2. The standard InChI is InChI=1S/C22H21NO4S/c1-16-8-13-20(28(2,25)26)14-21(16)22(24)23-18-9-11-19(12-10-18)27-15-17-6-4-3-5-7-17/h3-14H,15H2,1-2H3,(H,23,24). The van der Waals surface area contributed by atoms with E-state index in [4.69, 9.17) is 4.74 Å². The third-order valence-corrected chi connectivity index (χ3v) is 5.35. The van der Waals surface area contributed by atoms with Gasteiger partial charge in [-0.2, -0.15) is 0 Å². The number of hydrogen-bond donors (Lipinski definition) is 1. The van der Waals surface area contributed by atoms with Crippen LogP contribution in [0.5, 0.6) is 5.75 Å². The van der Waals surface area contributed by atoms with Crippen molar-refractivity contribution in [2.75, 3.05) is 11.6 Å². The molecule has 3 aromatic carbocycles. The van der Waals surface area contributed by atoms with Crippen molar-refractivity contribution in [2.45, 2.75) is 18.4 Å². The molecule has 0 spiro atoms. The second kappa shape index (κ2) is 8.27. The molecule has 0 heterocycles. The Bertz CT molecular complexity index is 1080. The molecule has 0 unspecified atom stereocenters. The first-order valence-corrected chi connectivity index (χ1v) is 10.6. The molecule has 0 saturated carbocycles. The van der Waals surface area contributed by atoms with E-state index in [1.807, 2.05) is 30.3 Å². The van der Waals surface area contributed by atoms with Gasteiger partial charge in [-0.1, -0.05) is 36.4 Å². The van der Waals surface area contributed by atoms with Crippen LogP contribution in [-0.2, 0) is 16.4 Å². The largest absolute Gasteiger partial charge is 0.489 e. The first kappa shape index (κ1) is 19.6. The zero-order valence-corrected chi connectivity index (χ0v) is 16.5. The molecule has 1 N–H and O–H groups in total. The van der Waals surface area contributed by atoms with E-state index < -0.39 is 9.84 Å². The van der Waals surface area contributed by atoms with Crippen LogP contribution in [0, 0.1) is 6.92 Å². The molecule has 0 aliphatic heterocycles. The number of hydrogen-bond acceptors (Lipinski definition) is 4. The minimum atomic E-state index is -3.38. The van der Waals surface area contributed by atoms with Crippen molar-refractivity contribution in [1.29, 1.82) is 0 Å². The fourth-order valence-electron chi connectivity index (χ4n) is 2.65. The molecule has 0 aliphatic carbocycles. The molecule has 0 aliphatic rings. The molecule has 0 bridgehead atoms. The second-order valence-corrected chi connectivity index (χ2v) is 8.52. The number of aryl methyl sites for hydroxylation is 1. The highest BCUT2D eigenvalue weighted by Gasteiger charge is 2.14. The summed E-state index contributed by atoms with van der Waals surface area (Å²) in [5.41, 5.74) is 2.70. The van der Waals surface area contributed by atoms with Gasteiger partial charge in [0, 0.05) is 17.5 Å². The van der Waals surface area contributed by atoms with Crippen LogP contribution in [-0.4, -0.2) is 20.6 Å². The van der Waals surface area contributed by atoms with Crippen LogP contribution >= 0.6 is 0 Å². The number of carbonyl (C=O) groups excluding carboxylic acids is 1. The van der Waals surface area contributed by atoms with Crippen LogP contribution in [0.2, 0.25) is 0 Å². The van der Waals surface area contributed by atoms with Crippen molar-refractivity contribution < 1.29 is 17.9 Å². The fraction of sp³-hybridized carbons (Fsp3) is 0.136. The van der Waals surface area contributed by atoms with Crippen LogP contribution in [0.15, 0.2) is 77.7 Å². The fourth-order valence-corrected chi connectivity index (χ4v) is 3.30. The third-order valence-electron chi connectivity index (χ3n) is 4.24. The quantitative estimate of drug-likeness (QED) is 0.678. The van der Waals surface area contributed by atoms with Gasteiger partial charge in [0.05, 0.1) is 4.90 Å².